The Morgan fingerprint density at radius 2 is 2.03 bits per heavy atom. The number of nitrogens with one attached hydrogen (secondary N) is 2. The number of likely N-dealkylation sites (tertiary alicyclic amines) is 1. The molecule has 4 nitrogen and oxygen atoms in total. The Labute approximate surface area is 177 Å². The first kappa shape index (κ1) is 21.8. The number of amides is 1. The molecule has 0 unspecified atom stereocenters. The predicted octanol–water partition coefficient (Wildman–Crippen LogP) is 3.78. The number of hydrogen-bond donors (Lipinski definition) is 2. The number of carbonyl (C=O) groups is 1. The van der Waals surface area contributed by atoms with Crippen LogP contribution >= 0.6 is 11.6 Å². The molecule has 0 bridgehead atoms. The highest BCUT2D eigenvalue weighted by Gasteiger charge is 2.36. The predicted molar refractivity (Wildman–Crippen MR) is 115 cm³/mol. The summed E-state index contributed by atoms with van der Waals surface area (Å²) in [5, 5.41) is 7.24. The van der Waals surface area contributed by atoms with Crippen LogP contribution in [0.5, 0.6) is 0 Å². The van der Waals surface area contributed by atoms with Crippen LogP contribution in [0.3, 0.4) is 0 Å². The van der Waals surface area contributed by atoms with Gasteiger partial charge in [0.25, 0.3) is 0 Å². The minimum Gasteiger partial charge on any atom is -0.354 e. The summed E-state index contributed by atoms with van der Waals surface area (Å²) in [5.74, 6) is -0.234. The fourth-order valence-electron chi connectivity index (χ4n) is 3.95. The van der Waals surface area contributed by atoms with Crippen molar-refractivity contribution in [2.24, 2.45) is 0 Å². The zero-order chi connectivity index (χ0) is 20.8. The van der Waals surface area contributed by atoms with Gasteiger partial charge in [-0.25, -0.2) is 4.39 Å². The van der Waals surface area contributed by atoms with Crippen LogP contribution in [-0.2, 0) is 17.8 Å². The second-order valence-electron chi connectivity index (χ2n) is 7.96. The maximum Gasteiger partial charge on any atom is 0.237 e. The van der Waals surface area contributed by atoms with Crippen molar-refractivity contribution in [1.29, 1.82) is 0 Å². The number of hydrogen-bond acceptors (Lipinski definition) is 3. The second-order valence-corrected chi connectivity index (χ2v) is 8.40. The van der Waals surface area contributed by atoms with Crippen LogP contribution in [0.2, 0.25) is 5.02 Å². The molecule has 0 aliphatic carbocycles. The second kappa shape index (κ2) is 10.2. The molecule has 1 saturated heterocycles. The quantitative estimate of drug-likeness (QED) is 0.687. The lowest BCUT2D eigenvalue weighted by atomic mass is 10.1. The van der Waals surface area contributed by atoms with Gasteiger partial charge in [0, 0.05) is 36.7 Å². The van der Waals surface area contributed by atoms with Gasteiger partial charge in [-0.2, -0.15) is 0 Å². The van der Waals surface area contributed by atoms with Crippen LogP contribution < -0.4 is 10.6 Å². The first-order valence-electron chi connectivity index (χ1n) is 10.2. The lowest BCUT2D eigenvalue weighted by Gasteiger charge is -2.23. The van der Waals surface area contributed by atoms with E-state index >= 15 is 0 Å². The Morgan fingerprint density at radius 1 is 1.24 bits per heavy atom. The summed E-state index contributed by atoms with van der Waals surface area (Å²) < 4.78 is 13.8. The molecule has 0 spiro atoms. The molecular formula is C23H29ClFN3O. The smallest absolute Gasteiger partial charge is 0.237 e. The Hall–Kier alpha value is -1.95. The molecule has 1 aliphatic rings. The molecule has 2 N–H and O–H groups in total. The molecule has 1 aliphatic heterocycles. The van der Waals surface area contributed by atoms with Crippen molar-refractivity contribution in [1.82, 2.24) is 15.5 Å². The standard InChI is InChI=1S/C23H29ClFN3O/c1-16(2)27-20-13-22(28(15-20)14-17-6-5-8-19(24)12-17)23(29)26-11-10-18-7-3-4-9-21(18)25/h3-9,12,16,20,22,27H,10-11,13-15H2,1-2H3,(H,26,29)/t20-,22-/m0/s1. The monoisotopic (exact) mass is 417 g/mol. The molecule has 29 heavy (non-hydrogen) atoms. The Morgan fingerprint density at radius 3 is 2.76 bits per heavy atom. The molecule has 1 heterocycles. The van der Waals surface area contributed by atoms with Gasteiger partial charge in [0.1, 0.15) is 5.82 Å². The Kier molecular flexibility index (Phi) is 7.64. The number of benzene rings is 2. The molecule has 3 rings (SSSR count). The van der Waals surface area contributed by atoms with E-state index in [1.54, 1.807) is 12.1 Å². The van der Waals surface area contributed by atoms with Gasteiger partial charge in [-0.1, -0.05) is 55.8 Å². The van der Waals surface area contributed by atoms with E-state index in [2.05, 4.69) is 29.4 Å². The fraction of sp³-hybridized carbons (Fsp3) is 0.435. The zero-order valence-corrected chi connectivity index (χ0v) is 17.8. The maximum absolute atomic E-state index is 13.8. The summed E-state index contributed by atoms with van der Waals surface area (Å²) in [7, 11) is 0. The van der Waals surface area contributed by atoms with Gasteiger partial charge >= 0.3 is 0 Å². The van der Waals surface area contributed by atoms with Crippen molar-refractivity contribution in [3.8, 4) is 0 Å². The normalized spacial score (nSPS) is 19.6. The molecule has 2 aromatic rings. The Balaban J connectivity index is 1.62. The summed E-state index contributed by atoms with van der Waals surface area (Å²) >= 11 is 6.13. The van der Waals surface area contributed by atoms with Crippen molar-refractivity contribution in [3.63, 3.8) is 0 Å². The molecular weight excluding hydrogens is 389 g/mol. The molecule has 2 atom stereocenters. The molecule has 0 aromatic heterocycles. The van der Waals surface area contributed by atoms with Crippen LogP contribution in [0.1, 0.15) is 31.4 Å². The summed E-state index contributed by atoms with van der Waals surface area (Å²) in [6.07, 6.45) is 1.23. The van der Waals surface area contributed by atoms with Gasteiger partial charge in [0.05, 0.1) is 6.04 Å². The van der Waals surface area contributed by atoms with Crippen LogP contribution in [0.15, 0.2) is 48.5 Å². The zero-order valence-electron chi connectivity index (χ0n) is 17.0. The lowest BCUT2D eigenvalue weighted by molar-refractivity contribution is -0.125. The van der Waals surface area contributed by atoms with E-state index < -0.39 is 0 Å². The van der Waals surface area contributed by atoms with Crippen LogP contribution in [0, 0.1) is 5.82 Å². The first-order valence-corrected chi connectivity index (χ1v) is 10.6. The van der Waals surface area contributed by atoms with Crippen molar-refractivity contribution >= 4 is 17.5 Å². The van der Waals surface area contributed by atoms with E-state index in [-0.39, 0.29) is 23.8 Å². The van der Waals surface area contributed by atoms with Gasteiger partial charge < -0.3 is 10.6 Å². The summed E-state index contributed by atoms with van der Waals surface area (Å²) in [5.41, 5.74) is 1.71. The van der Waals surface area contributed by atoms with Crippen molar-refractivity contribution in [2.75, 3.05) is 13.1 Å². The largest absolute Gasteiger partial charge is 0.354 e. The van der Waals surface area contributed by atoms with E-state index in [9.17, 15) is 9.18 Å². The van der Waals surface area contributed by atoms with E-state index in [0.717, 1.165) is 18.5 Å². The SMILES string of the molecule is CC(C)N[C@H]1C[C@@H](C(=O)NCCc2ccccc2F)N(Cc2cccc(Cl)c2)C1. The minimum atomic E-state index is -0.230. The molecule has 0 saturated carbocycles. The number of halogens is 2. The number of carbonyl (C=O) groups excluding carboxylic acids is 1. The summed E-state index contributed by atoms with van der Waals surface area (Å²) in [6, 6.07) is 14.8. The highest BCUT2D eigenvalue weighted by Crippen LogP contribution is 2.22. The maximum atomic E-state index is 13.8. The molecule has 1 fully saturated rings. The van der Waals surface area contributed by atoms with Gasteiger partial charge in [-0.3, -0.25) is 9.69 Å². The third-order valence-corrected chi connectivity index (χ3v) is 5.44. The average molecular weight is 418 g/mol. The highest BCUT2D eigenvalue weighted by atomic mass is 35.5. The first-order chi connectivity index (χ1) is 13.9. The minimum absolute atomic E-state index is 0.00331. The molecule has 0 radical (unpaired) electrons. The molecule has 1 amide bonds. The number of rotatable bonds is 8. The Bertz CT molecular complexity index is 829. The van der Waals surface area contributed by atoms with E-state index in [1.165, 1.54) is 6.07 Å². The van der Waals surface area contributed by atoms with Crippen LogP contribution in [0.4, 0.5) is 4.39 Å². The fourth-order valence-corrected chi connectivity index (χ4v) is 4.17. The summed E-state index contributed by atoms with van der Waals surface area (Å²) in [4.78, 5) is 15.1. The summed E-state index contributed by atoms with van der Waals surface area (Å²) in [6.45, 7) is 6.12. The molecule has 6 heteroatoms. The lowest BCUT2D eigenvalue weighted by Crippen LogP contribution is -2.43. The van der Waals surface area contributed by atoms with Gasteiger partial charge in [-0.15, -0.1) is 0 Å². The van der Waals surface area contributed by atoms with Crippen molar-refractivity contribution in [2.45, 2.75) is 51.4 Å². The third-order valence-electron chi connectivity index (χ3n) is 5.20. The third kappa shape index (κ3) is 6.26. The average Bonchev–Trinajstić information content (AvgIpc) is 3.04. The number of nitrogens with zero attached hydrogens (tertiary/aromatic N) is 1. The van der Waals surface area contributed by atoms with Crippen LogP contribution in [0.25, 0.3) is 0 Å². The highest BCUT2D eigenvalue weighted by molar-refractivity contribution is 6.30. The van der Waals surface area contributed by atoms with E-state index in [1.807, 2.05) is 30.3 Å². The van der Waals surface area contributed by atoms with Gasteiger partial charge in [0.2, 0.25) is 5.91 Å². The topological polar surface area (TPSA) is 44.4 Å². The van der Waals surface area contributed by atoms with Crippen molar-refractivity contribution in [3.05, 3.63) is 70.5 Å². The van der Waals surface area contributed by atoms with Gasteiger partial charge in [-0.05, 0) is 42.2 Å². The van der Waals surface area contributed by atoms with E-state index in [4.69, 9.17) is 11.6 Å². The van der Waals surface area contributed by atoms with Crippen molar-refractivity contribution < 1.29 is 9.18 Å². The molecule has 2 aromatic carbocycles. The van der Waals surface area contributed by atoms with Gasteiger partial charge in [0.15, 0.2) is 0 Å². The van der Waals surface area contributed by atoms with E-state index in [0.29, 0.717) is 36.1 Å². The van der Waals surface area contributed by atoms with Crippen LogP contribution in [-0.4, -0.2) is 42.0 Å². The molecule has 156 valence electrons.